The molecular formula is C44H29N3Si. The van der Waals surface area contributed by atoms with Crippen molar-refractivity contribution in [3.8, 4) is 29.0 Å². The summed E-state index contributed by atoms with van der Waals surface area (Å²) in [6, 6.07) is 66.6. The lowest BCUT2D eigenvalue weighted by atomic mass is 9.97. The van der Waals surface area contributed by atoms with E-state index >= 15 is 0 Å². The predicted octanol–water partition coefficient (Wildman–Crippen LogP) is 7.57. The van der Waals surface area contributed by atoms with Crippen LogP contribution in [0, 0.1) is 22.7 Å². The lowest BCUT2D eigenvalue weighted by Gasteiger charge is -2.34. The summed E-state index contributed by atoms with van der Waals surface area (Å²) in [5, 5.41) is 27.7. The molecule has 8 rings (SSSR count). The highest BCUT2D eigenvalue weighted by Gasteiger charge is 2.41. The van der Waals surface area contributed by atoms with Gasteiger partial charge in [0, 0.05) is 16.3 Å². The highest BCUT2D eigenvalue weighted by molar-refractivity contribution is 7.19. The standard InChI is InChI=1S/C44H29N3Si/c45-30-33-28-41(44(29-34(33)31-46)47-42-22-12-10-20-39(42)40-21-11-13-23-43(40)47)32-24-26-38(27-25-32)48(35-14-4-1-5-15-35,36-16-6-2-7-17-36)37-18-8-3-9-19-37/h1-29H. The van der Waals surface area contributed by atoms with E-state index in [0.717, 1.165) is 38.6 Å². The van der Waals surface area contributed by atoms with E-state index in [0.29, 0.717) is 11.1 Å². The molecule has 0 saturated carbocycles. The van der Waals surface area contributed by atoms with Gasteiger partial charge in [-0.25, -0.2) is 0 Å². The van der Waals surface area contributed by atoms with E-state index in [2.05, 4.69) is 168 Å². The van der Waals surface area contributed by atoms with Crippen molar-refractivity contribution in [2.75, 3.05) is 0 Å². The second kappa shape index (κ2) is 12.0. The van der Waals surface area contributed by atoms with Crippen LogP contribution in [0.25, 0.3) is 38.6 Å². The van der Waals surface area contributed by atoms with Crippen LogP contribution in [0.5, 0.6) is 0 Å². The minimum absolute atomic E-state index is 0.360. The number of fused-ring (bicyclic) bond motifs is 3. The van der Waals surface area contributed by atoms with E-state index < -0.39 is 8.07 Å². The van der Waals surface area contributed by atoms with Crippen LogP contribution in [0.2, 0.25) is 0 Å². The molecule has 0 amide bonds. The zero-order valence-electron chi connectivity index (χ0n) is 26.1. The van der Waals surface area contributed by atoms with Gasteiger partial charge in [0.2, 0.25) is 0 Å². The number of para-hydroxylation sites is 2. The van der Waals surface area contributed by atoms with Crippen LogP contribution in [0.1, 0.15) is 11.1 Å². The highest BCUT2D eigenvalue weighted by Crippen LogP contribution is 2.37. The van der Waals surface area contributed by atoms with Crippen molar-refractivity contribution >= 4 is 50.6 Å². The molecule has 0 bridgehead atoms. The molecule has 7 aromatic carbocycles. The fourth-order valence-corrected chi connectivity index (χ4v) is 12.1. The Morgan fingerprint density at radius 2 is 0.812 bits per heavy atom. The van der Waals surface area contributed by atoms with Gasteiger partial charge in [0.1, 0.15) is 12.1 Å². The molecule has 0 radical (unpaired) electrons. The van der Waals surface area contributed by atoms with Crippen LogP contribution in [0.4, 0.5) is 0 Å². The predicted molar refractivity (Wildman–Crippen MR) is 199 cm³/mol. The van der Waals surface area contributed by atoms with Gasteiger partial charge in [-0.05, 0) is 50.6 Å². The second-order valence-corrected chi connectivity index (χ2v) is 15.7. The Hall–Kier alpha value is -6.46. The Labute approximate surface area is 280 Å². The lowest BCUT2D eigenvalue weighted by Crippen LogP contribution is -2.74. The van der Waals surface area contributed by atoms with Gasteiger partial charge in [-0.2, -0.15) is 10.5 Å². The number of nitrogens with zero attached hydrogens (tertiary/aromatic N) is 3. The van der Waals surface area contributed by atoms with Gasteiger partial charge < -0.3 is 4.57 Å². The van der Waals surface area contributed by atoms with Gasteiger partial charge in [0.15, 0.2) is 8.07 Å². The number of benzene rings is 7. The Kier molecular flexibility index (Phi) is 7.27. The number of aromatic nitrogens is 1. The Bertz CT molecular complexity index is 2350. The van der Waals surface area contributed by atoms with Gasteiger partial charge in [-0.15, -0.1) is 0 Å². The van der Waals surface area contributed by atoms with Crippen LogP contribution in [-0.4, -0.2) is 12.6 Å². The third-order valence-electron chi connectivity index (χ3n) is 9.45. The molecule has 0 spiro atoms. The van der Waals surface area contributed by atoms with Crippen LogP contribution < -0.4 is 20.7 Å². The fraction of sp³-hybridized carbons (Fsp3) is 0. The third-order valence-corrected chi connectivity index (χ3v) is 14.2. The maximum atomic E-state index is 10.1. The molecule has 0 saturated heterocycles. The molecule has 4 heteroatoms. The summed E-state index contributed by atoms with van der Waals surface area (Å²) >= 11 is 0. The zero-order chi connectivity index (χ0) is 32.5. The van der Waals surface area contributed by atoms with Crippen molar-refractivity contribution in [2.45, 2.75) is 0 Å². The van der Waals surface area contributed by atoms with Crippen molar-refractivity contribution in [1.29, 1.82) is 10.5 Å². The molecular weight excluding hydrogens is 599 g/mol. The largest absolute Gasteiger partial charge is 0.309 e. The maximum Gasteiger partial charge on any atom is 0.179 e. The number of hydrogen-bond acceptors (Lipinski definition) is 2. The van der Waals surface area contributed by atoms with E-state index in [1.807, 2.05) is 24.3 Å². The molecule has 0 aliphatic rings. The smallest absolute Gasteiger partial charge is 0.179 e. The van der Waals surface area contributed by atoms with Crippen molar-refractivity contribution in [3.05, 3.63) is 187 Å². The zero-order valence-corrected chi connectivity index (χ0v) is 27.1. The SMILES string of the molecule is N#Cc1cc(-c2ccc([Si](c3ccccc3)(c3ccccc3)c3ccccc3)cc2)c(-n2c3ccccc3c3ccccc32)cc1C#N. The first-order valence-corrected chi connectivity index (χ1v) is 18.0. The molecule has 0 aliphatic heterocycles. The topological polar surface area (TPSA) is 52.5 Å². The summed E-state index contributed by atoms with van der Waals surface area (Å²) in [5.74, 6) is 0. The normalized spacial score (nSPS) is 11.3. The molecule has 1 aromatic heterocycles. The third kappa shape index (κ3) is 4.55. The average Bonchev–Trinajstić information content (AvgIpc) is 3.50. The van der Waals surface area contributed by atoms with E-state index in [1.54, 1.807) is 0 Å². The molecule has 0 unspecified atom stereocenters. The summed E-state index contributed by atoms with van der Waals surface area (Å²) in [6.45, 7) is 0. The van der Waals surface area contributed by atoms with E-state index in [-0.39, 0.29) is 0 Å². The number of rotatable bonds is 6. The van der Waals surface area contributed by atoms with Gasteiger partial charge in [-0.1, -0.05) is 152 Å². The van der Waals surface area contributed by atoms with Gasteiger partial charge in [0.25, 0.3) is 0 Å². The second-order valence-electron chi connectivity index (χ2n) is 11.9. The Morgan fingerprint density at radius 1 is 0.417 bits per heavy atom. The van der Waals surface area contributed by atoms with Gasteiger partial charge in [-0.3, -0.25) is 0 Å². The molecule has 48 heavy (non-hydrogen) atoms. The fourth-order valence-electron chi connectivity index (χ4n) is 7.34. The lowest BCUT2D eigenvalue weighted by molar-refractivity contribution is 1.18. The first kappa shape index (κ1) is 29.0. The molecule has 224 valence electrons. The van der Waals surface area contributed by atoms with Gasteiger partial charge in [0.05, 0.1) is 27.8 Å². The minimum atomic E-state index is -2.70. The van der Waals surface area contributed by atoms with Crippen LogP contribution in [-0.2, 0) is 0 Å². The van der Waals surface area contributed by atoms with Crippen molar-refractivity contribution in [3.63, 3.8) is 0 Å². The quantitative estimate of drug-likeness (QED) is 0.141. The Morgan fingerprint density at radius 3 is 1.27 bits per heavy atom. The maximum absolute atomic E-state index is 10.1. The van der Waals surface area contributed by atoms with E-state index in [4.69, 9.17) is 0 Å². The number of nitriles is 2. The van der Waals surface area contributed by atoms with E-state index in [1.165, 1.54) is 20.7 Å². The van der Waals surface area contributed by atoms with Crippen LogP contribution in [0.3, 0.4) is 0 Å². The molecule has 0 N–H and O–H groups in total. The summed E-state index contributed by atoms with van der Waals surface area (Å²) in [5.41, 5.74) is 5.57. The molecule has 0 fully saturated rings. The monoisotopic (exact) mass is 627 g/mol. The summed E-state index contributed by atoms with van der Waals surface area (Å²) in [4.78, 5) is 0. The van der Waals surface area contributed by atoms with E-state index in [9.17, 15) is 10.5 Å². The van der Waals surface area contributed by atoms with Gasteiger partial charge >= 0.3 is 0 Å². The molecule has 3 nitrogen and oxygen atoms in total. The minimum Gasteiger partial charge on any atom is -0.309 e. The summed E-state index contributed by atoms with van der Waals surface area (Å²) in [6.07, 6.45) is 0. The summed E-state index contributed by atoms with van der Waals surface area (Å²) in [7, 11) is -2.70. The molecule has 8 aromatic rings. The average molecular weight is 628 g/mol. The van der Waals surface area contributed by atoms with Crippen LogP contribution in [0.15, 0.2) is 176 Å². The molecule has 1 heterocycles. The highest BCUT2D eigenvalue weighted by atomic mass is 28.3. The van der Waals surface area contributed by atoms with Crippen molar-refractivity contribution in [1.82, 2.24) is 4.57 Å². The number of hydrogen-bond donors (Lipinski definition) is 0. The first-order chi connectivity index (χ1) is 23.7. The summed E-state index contributed by atoms with van der Waals surface area (Å²) < 4.78 is 2.23. The van der Waals surface area contributed by atoms with Crippen molar-refractivity contribution < 1.29 is 0 Å². The van der Waals surface area contributed by atoms with Crippen LogP contribution >= 0.6 is 0 Å². The van der Waals surface area contributed by atoms with Crippen molar-refractivity contribution in [2.24, 2.45) is 0 Å². The Balaban J connectivity index is 1.39. The first-order valence-electron chi connectivity index (χ1n) is 16.0. The molecule has 0 atom stereocenters. The molecule has 0 aliphatic carbocycles.